The van der Waals surface area contributed by atoms with Crippen LogP contribution in [-0.2, 0) is 15.5 Å². The molecule has 3 nitrogen and oxygen atoms in total. The Hall–Kier alpha value is -2.08. The Morgan fingerprint density at radius 3 is 1.57 bits per heavy atom. The Morgan fingerprint density at radius 2 is 1.09 bits per heavy atom. The predicted molar refractivity (Wildman–Crippen MR) is 150 cm³/mol. The SMILES string of the molecule is CCCCCCCCS(=O)(=O)[OH+]S(c1ccccc1)(c1ccccc1)c1ccc(C(C)(C)C)cc1. The molecule has 1 N–H and O–H groups in total. The van der Waals surface area contributed by atoms with Gasteiger partial charge in [-0.15, -0.1) is 0 Å². The molecule has 0 saturated heterocycles. The van der Waals surface area contributed by atoms with Crippen molar-refractivity contribution < 1.29 is 12.0 Å². The molecule has 0 unspecified atom stereocenters. The molecule has 190 valence electrons. The van der Waals surface area contributed by atoms with Crippen molar-refractivity contribution in [1.82, 2.24) is 0 Å². The van der Waals surface area contributed by atoms with Gasteiger partial charge >= 0.3 is 10.1 Å². The van der Waals surface area contributed by atoms with Crippen molar-refractivity contribution in [1.29, 1.82) is 0 Å². The normalized spacial score (nSPS) is 13.0. The van der Waals surface area contributed by atoms with Crippen LogP contribution in [-0.4, -0.2) is 17.8 Å². The lowest BCUT2D eigenvalue weighted by Gasteiger charge is -2.35. The van der Waals surface area contributed by atoms with E-state index < -0.39 is 20.4 Å². The highest BCUT2D eigenvalue weighted by Crippen LogP contribution is 2.68. The Morgan fingerprint density at radius 1 is 0.629 bits per heavy atom. The summed E-state index contributed by atoms with van der Waals surface area (Å²) in [4.78, 5) is 2.80. The fourth-order valence-electron chi connectivity index (χ4n) is 4.20. The highest BCUT2D eigenvalue weighted by atomic mass is 32.3. The zero-order chi connectivity index (χ0) is 25.4. The average Bonchev–Trinajstić information content (AvgIpc) is 2.85. The summed E-state index contributed by atoms with van der Waals surface area (Å²) in [6, 6.07) is 28.3. The molecule has 5 heteroatoms. The van der Waals surface area contributed by atoms with Gasteiger partial charge in [0.05, 0.1) is 25.0 Å². The number of unbranched alkanes of at least 4 members (excludes halogenated alkanes) is 5. The number of rotatable bonds is 12. The highest BCUT2D eigenvalue weighted by Gasteiger charge is 2.42. The number of hydrogen-bond acceptors (Lipinski definition) is 2. The van der Waals surface area contributed by atoms with E-state index in [9.17, 15) is 8.42 Å². The number of benzene rings is 3. The summed E-state index contributed by atoms with van der Waals surface area (Å²) in [7, 11) is -6.02. The van der Waals surface area contributed by atoms with Crippen LogP contribution in [0.2, 0.25) is 0 Å². The molecule has 0 bridgehead atoms. The summed E-state index contributed by atoms with van der Waals surface area (Å²) in [6.45, 7) is 8.75. The third kappa shape index (κ3) is 7.22. The summed E-state index contributed by atoms with van der Waals surface area (Å²) in [5, 5.41) is 0. The monoisotopic (exact) mass is 513 g/mol. The van der Waals surface area contributed by atoms with Crippen molar-refractivity contribution in [2.75, 3.05) is 5.75 Å². The van der Waals surface area contributed by atoms with Gasteiger partial charge in [0.1, 0.15) is 5.75 Å². The molecule has 3 aromatic carbocycles. The van der Waals surface area contributed by atoms with Crippen LogP contribution in [0.25, 0.3) is 0 Å². The van der Waals surface area contributed by atoms with Crippen molar-refractivity contribution in [2.45, 2.75) is 86.3 Å². The maximum absolute atomic E-state index is 13.5. The van der Waals surface area contributed by atoms with E-state index in [1.165, 1.54) is 18.4 Å². The molecule has 0 heterocycles. The molecule has 0 aliphatic carbocycles. The first-order valence-electron chi connectivity index (χ1n) is 12.7. The van der Waals surface area contributed by atoms with Crippen molar-refractivity contribution in [3.8, 4) is 0 Å². The lowest BCUT2D eigenvalue weighted by atomic mass is 9.87. The minimum atomic E-state index is -3.65. The Bertz CT molecular complexity index is 1090. The Labute approximate surface area is 214 Å². The first-order chi connectivity index (χ1) is 16.7. The Kier molecular flexibility index (Phi) is 9.62. The minimum Gasteiger partial charge on any atom is -0.262 e. The van der Waals surface area contributed by atoms with Gasteiger partial charge in [0.2, 0.25) is 0 Å². The topological polar surface area (TPSA) is 46.9 Å². The molecular formula is C30H41O3S2+. The van der Waals surface area contributed by atoms with E-state index in [1.54, 1.807) is 0 Å². The second kappa shape index (κ2) is 12.2. The van der Waals surface area contributed by atoms with Crippen LogP contribution in [0.3, 0.4) is 0 Å². The molecule has 0 saturated carbocycles. The maximum Gasteiger partial charge on any atom is 0.390 e. The summed E-state index contributed by atoms with van der Waals surface area (Å²) < 4.78 is 31.9. The largest absolute Gasteiger partial charge is 0.390 e. The third-order valence-electron chi connectivity index (χ3n) is 6.21. The van der Waals surface area contributed by atoms with Crippen molar-refractivity contribution >= 4 is 20.4 Å². The molecule has 0 atom stereocenters. The lowest BCUT2D eigenvalue weighted by molar-refractivity contribution is 0.385. The van der Waals surface area contributed by atoms with Crippen LogP contribution in [0, 0.1) is 0 Å². The van der Waals surface area contributed by atoms with Crippen LogP contribution in [0.1, 0.15) is 71.8 Å². The summed E-state index contributed by atoms with van der Waals surface area (Å²) in [5.41, 5.74) is 1.22. The van der Waals surface area contributed by atoms with E-state index in [4.69, 9.17) is 3.63 Å². The van der Waals surface area contributed by atoms with Gasteiger partial charge in [0, 0.05) is 0 Å². The van der Waals surface area contributed by atoms with Crippen molar-refractivity contribution in [3.05, 3.63) is 90.5 Å². The molecule has 0 aliphatic rings. The van der Waals surface area contributed by atoms with Gasteiger partial charge in [-0.1, -0.05) is 108 Å². The first kappa shape index (κ1) is 27.5. The van der Waals surface area contributed by atoms with Gasteiger partial charge in [0.15, 0.2) is 0 Å². The lowest BCUT2D eigenvalue weighted by Crippen LogP contribution is -2.21. The fourth-order valence-corrected chi connectivity index (χ4v) is 9.91. The smallest absolute Gasteiger partial charge is 0.262 e. The molecule has 0 spiro atoms. The molecule has 0 aliphatic heterocycles. The van der Waals surface area contributed by atoms with E-state index in [2.05, 4.69) is 52.0 Å². The van der Waals surface area contributed by atoms with E-state index in [0.717, 1.165) is 33.9 Å². The van der Waals surface area contributed by atoms with Gasteiger partial charge in [-0.2, -0.15) is 8.42 Å². The standard InChI is InChI=1S/C30H40O3S2/c1-5-6-7-8-9-16-25-34(31,32)33-35(27-17-12-10-13-18-27,28-19-14-11-15-20-28)29-23-21-26(22-24-29)30(2,3)4/h10-15,17-24H,5-9,16,25H2,1-4H3/p+1. The quantitative estimate of drug-likeness (QED) is 0.138. The molecule has 3 rings (SSSR count). The van der Waals surface area contributed by atoms with Crippen molar-refractivity contribution in [2.24, 2.45) is 0 Å². The van der Waals surface area contributed by atoms with Crippen LogP contribution in [0.4, 0.5) is 0 Å². The van der Waals surface area contributed by atoms with E-state index in [0.29, 0.717) is 6.42 Å². The van der Waals surface area contributed by atoms with Crippen molar-refractivity contribution in [3.63, 3.8) is 0 Å². The summed E-state index contributed by atoms with van der Waals surface area (Å²) in [6.07, 6.45) is 6.20. The van der Waals surface area contributed by atoms with Crippen LogP contribution in [0.15, 0.2) is 99.6 Å². The van der Waals surface area contributed by atoms with E-state index >= 15 is 0 Å². The van der Waals surface area contributed by atoms with Gasteiger partial charge in [-0.25, -0.2) is 0 Å². The maximum atomic E-state index is 13.5. The summed E-state index contributed by atoms with van der Waals surface area (Å²) >= 11 is 0. The molecule has 0 amide bonds. The molecule has 0 fully saturated rings. The molecular weight excluding hydrogens is 472 g/mol. The second-order valence-electron chi connectivity index (χ2n) is 10.1. The Balaban J connectivity index is 2.06. The molecule has 3 aromatic rings. The van der Waals surface area contributed by atoms with Gasteiger partial charge in [-0.3, -0.25) is 3.63 Å². The first-order valence-corrected chi connectivity index (χ1v) is 15.9. The van der Waals surface area contributed by atoms with Crippen LogP contribution in [0.5, 0.6) is 0 Å². The van der Waals surface area contributed by atoms with Gasteiger partial charge < -0.3 is 0 Å². The zero-order valence-electron chi connectivity index (χ0n) is 21.6. The van der Waals surface area contributed by atoms with Crippen LogP contribution >= 0.6 is 10.3 Å². The minimum absolute atomic E-state index is 0.0109. The average molecular weight is 514 g/mol. The highest BCUT2D eigenvalue weighted by molar-refractivity contribution is 8.32. The third-order valence-corrected chi connectivity index (χ3v) is 11.7. The summed E-state index contributed by atoms with van der Waals surface area (Å²) in [5.74, 6) is 0.0909. The second-order valence-corrected chi connectivity index (χ2v) is 14.9. The van der Waals surface area contributed by atoms with E-state index in [-0.39, 0.29) is 11.2 Å². The fraction of sp³-hybridized carbons (Fsp3) is 0.400. The van der Waals surface area contributed by atoms with Gasteiger partial charge in [0.25, 0.3) is 0 Å². The van der Waals surface area contributed by atoms with Crippen LogP contribution < -0.4 is 0 Å². The number of hydrogen-bond donors (Lipinski definition) is 0. The molecule has 0 aromatic heterocycles. The zero-order valence-corrected chi connectivity index (χ0v) is 23.2. The van der Waals surface area contributed by atoms with Gasteiger partial charge in [-0.05, 0) is 53.8 Å². The predicted octanol–water partition coefficient (Wildman–Crippen LogP) is 8.96. The molecule has 0 radical (unpaired) electrons. The van der Waals surface area contributed by atoms with E-state index in [1.807, 2.05) is 60.7 Å². The molecule has 35 heavy (non-hydrogen) atoms.